The van der Waals surface area contributed by atoms with E-state index in [0.717, 1.165) is 0 Å². The maximum Gasteiger partial charge on any atom is -1.00 e. The Morgan fingerprint density at radius 2 is 1.17 bits per heavy atom. The number of rotatable bonds is 6. The van der Waals surface area contributed by atoms with E-state index in [2.05, 4.69) is 0 Å². The molecule has 0 amide bonds. The van der Waals surface area contributed by atoms with E-state index in [4.69, 9.17) is 14.2 Å². The first-order chi connectivity index (χ1) is 5.41. The summed E-state index contributed by atoms with van der Waals surface area (Å²) in [5, 5.41) is 2.03. The summed E-state index contributed by atoms with van der Waals surface area (Å²) in [5.41, 5.74) is 0. The van der Waals surface area contributed by atoms with Crippen molar-refractivity contribution in [2.24, 2.45) is 0 Å². The van der Waals surface area contributed by atoms with Crippen molar-refractivity contribution in [3.05, 3.63) is 0 Å². The Kier molecular flexibility index (Phi) is 36.2. The second-order valence-corrected chi connectivity index (χ2v) is 1.60. The molecule has 5 heteroatoms. The molecule has 12 heavy (non-hydrogen) atoms. The molecular formula is C7H17IMgO3. The van der Waals surface area contributed by atoms with Crippen molar-refractivity contribution in [1.29, 1.82) is 0 Å². The van der Waals surface area contributed by atoms with Gasteiger partial charge in [-0.25, -0.2) is 0 Å². The van der Waals surface area contributed by atoms with Crippen LogP contribution in [-0.4, -0.2) is 62.4 Å². The number of ether oxygens (including phenoxy) is 3. The van der Waals surface area contributed by atoms with E-state index < -0.39 is 0 Å². The van der Waals surface area contributed by atoms with Crippen molar-refractivity contribution in [3.63, 3.8) is 0 Å². The Bertz CT molecular complexity index is 51.9. The van der Waals surface area contributed by atoms with Crippen LogP contribution < -0.4 is 24.0 Å². The second kappa shape index (κ2) is 22.8. The molecule has 0 rings (SSSR count). The molecule has 0 bridgehead atoms. The number of halogens is 1. The van der Waals surface area contributed by atoms with Crippen molar-refractivity contribution in [2.75, 3.05) is 40.6 Å². The average molecular weight is 300 g/mol. The Balaban J connectivity index is -0.000000249. The van der Waals surface area contributed by atoms with Crippen molar-refractivity contribution >= 4 is 21.7 Å². The van der Waals surface area contributed by atoms with Crippen molar-refractivity contribution in [3.8, 4) is 0 Å². The maximum atomic E-state index is 5.06. The van der Waals surface area contributed by atoms with Crippen LogP contribution in [0.1, 0.15) is 0 Å². The largest absolute Gasteiger partial charge is 1.00 e. The molecule has 0 atom stereocenters. The summed E-state index contributed by atoms with van der Waals surface area (Å²) >= 11 is 1.86. The molecule has 0 heterocycles. The van der Waals surface area contributed by atoms with E-state index in [1.54, 1.807) is 14.2 Å². The summed E-state index contributed by atoms with van der Waals surface area (Å²) in [6, 6.07) is 0. The van der Waals surface area contributed by atoms with Gasteiger partial charge in [-0.1, -0.05) is 0 Å². The zero-order valence-corrected chi connectivity index (χ0v) is 11.7. The molecule has 0 aromatic heterocycles. The predicted octanol–water partition coefficient (Wildman–Crippen LogP) is -2.50. The molecule has 3 nitrogen and oxygen atoms in total. The van der Waals surface area contributed by atoms with Gasteiger partial charge in [-0.15, -0.1) is 0 Å². The monoisotopic (exact) mass is 300 g/mol. The molecule has 72 valence electrons. The number of methoxy groups -OCH3 is 2. The Morgan fingerprint density at radius 3 is 1.42 bits per heavy atom. The Hall–Kier alpha value is 1.38. The second-order valence-electron chi connectivity index (χ2n) is 1.60. The molecule has 0 unspecified atom stereocenters. The number of hydrogen-bond acceptors (Lipinski definition) is 3. The van der Waals surface area contributed by atoms with Crippen LogP contribution in [0.5, 0.6) is 0 Å². The van der Waals surface area contributed by atoms with Crippen LogP contribution in [0.25, 0.3) is 0 Å². The fraction of sp³-hybridized carbons (Fsp3) is 1.00. The SMILES string of the molecule is COCCOCCOC.[CH3][Mg+].[I-]. The van der Waals surface area contributed by atoms with Gasteiger partial charge >= 0.3 is 26.8 Å². The smallest absolute Gasteiger partial charge is 1.00 e. The van der Waals surface area contributed by atoms with Crippen LogP contribution in [-0.2, 0) is 14.2 Å². The van der Waals surface area contributed by atoms with Crippen LogP contribution >= 0.6 is 0 Å². The van der Waals surface area contributed by atoms with Gasteiger partial charge in [0, 0.05) is 14.2 Å². The average Bonchev–Trinajstić information content (AvgIpc) is 2.08. The van der Waals surface area contributed by atoms with E-state index in [1.807, 2.05) is 26.8 Å². The fourth-order valence-corrected chi connectivity index (χ4v) is 0.387. The first kappa shape index (κ1) is 19.0. The third-order valence-electron chi connectivity index (χ3n) is 0.864. The van der Waals surface area contributed by atoms with Crippen LogP contribution in [0.15, 0.2) is 0 Å². The Morgan fingerprint density at radius 1 is 0.833 bits per heavy atom. The van der Waals surface area contributed by atoms with Gasteiger partial charge in [0.05, 0.1) is 26.4 Å². The van der Waals surface area contributed by atoms with Gasteiger partial charge in [0.25, 0.3) is 0 Å². The summed E-state index contributed by atoms with van der Waals surface area (Å²) in [4.78, 5) is 0. The molecule has 0 aromatic carbocycles. The van der Waals surface area contributed by atoms with Gasteiger partial charge in [-0.3, -0.25) is 0 Å². The molecule has 0 radical (unpaired) electrons. The summed E-state index contributed by atoms with van der Waals surface area (Å²) in [7, 11) is 3.30. The van der Waals surface area contributed by atoms with E-state index in [0.29, 0.717) is 26.4 Å². The van der Waals surface area contributed by atoms with E-state index in [9.17, 15) is 0 Å². The third kappa shape index (κ3) is 22.5. The van der Waals surface area contributed by atoms with Crippen LogP contribution in [0.2, 0.25) is 5.05 Å². The molecule has 0 aliphatic rings. The molecule has 0 spiro atoms. The molecule has 0 saturated carbocycles. The normalized spacial score (nSPS) is 8.08. The minimum atomic E-state index is 0. The topological polar surface area (TPSA) is 27.7 Å². The van der Waals surface area contributed by atoms with Gasteiger partial charge in [0.2, 0.25) is 0 Å². The van der Waals surface area contributed by atoms with Crippen molar-refractivity contribution < 1.29 is 38.2 Å². The van der Waals surface area contributed by atoms with Crippen LogP contribution in [0, 0.1) is 0 Å². The molecular weight excluding hydrogens is 283 g/mol. The molecule has 0 N–H and O–H groups in total. The van der Waals surface area contributed by atoms with E-state index in [1.165, 1.54) is 0 Å². The van der Waals surface area contributed by atoms with Gasteiger partial charge in [-0.05, 0) is 0 Å². The number of hydrogen-bond donors (Lipinski definition) is 0. The third-order valence-corrected chi connectivity index (χ3v) is 0.864. The predicted molar refractivity (Wildman–Crippen MR) is 46.2 cm³/mol. The first-order valence-corrected chi connectivity index (χ1v) is 5.09. The van der Waals surface area contributed by atoms with E-state index in [-0.39, 0.29) is 24.0 Å². The summed E-state index contributed by atoms with van der Waals surface area (Å²) in [5.74, 6) is 0. The quantitative estimate of drug-likeness (QED) is 0.308. The van der Waals surface area contributed by atoms with Gasteiger partial charge in [0.15, 0.2) is 0 Å². The fourth-order valence-electron chi connectivity index (χ4n) is 0.387. The maximum absolute atomic E-state index is 5.06. The first-order valence-electron chi connectivity index (χ1n) is 3.68. The van der Waals surface area contributed by atoms with E-state index >= 15 is 0 Å². The van der Waals surface area contributed by atoms with Crippen LogP contribution in [0.3, 0.4) is 0 Å². The molecule has 0 aliphatic carbocycles. The molecule has 0 aromatic rings. The minimum absolute atomic E-state index is 0. The van der Waals surface area contributed by atoms with Gasteiger partial charge in [0.1, 0.15) is 0 Å². The standard InChI is InChI=1S/C6H14O3.CH3.HI.Mg/c1-7-3-5-9-6-4-8-2;;;/h3-6H2,1-2H3;1H3;1H;/q;;;+1/p-1. The summed E-state index contributed by atoms with van der Waals surface area (Å²) in [6.07, 6.45) is 0. The molecule has 0 aliphatic heterocycles. The summed E-state index contributed by atoms with van der Waals surface area (Å²) in [6.45, 7) is 2.62. The van der Waals surface area contributed by atoms with Gasteiger partial charge < -0.3 is 38.2 Å². The van der Waals surface area contributed by atoms with Crippen molar-refractivity contribution in [1.82, 2.24) is 0 Å². The molecule has 0 saturated heterocycles. The van der Waals surface area contributed by atoms with Crippen LogP contribution in [0.4, 0.5) is 0 Å². The van der Waals surface area contributed by atoms with Gasteiger partial charge in [-0.2, -0.15) is 0 Å². The summed E-state index contributed by atoms with van der Waals surface area (Å²) < 4.78 is 14.6. The zero-order chi connectivity index (χ0) is 8.95. The Labute approximate surface area is 105 Å². The van der Waals surface area contributed by atoms with Crippen molar-refractivity contribution in [2.45, 2.75) is 5.05 Å². The molecule has 0 fully saturated rings. The minimum Gasteiger partial charge on any atom is -1.00 e. The zero-order valence-electron chi connectivity index (χ0n) is 8.14.